The summed E-state index contributed by atoms with van der Waals surface area (Å²) in [5.41, 5.74) is 2.15. The molecular formula is C21H24N6O3. The predicted octanol–water partition coefficient (Wildman–Crippen LogP) is 2.85. The SMILES string of the molecule is COc1ccc(C(=O)Nc2cn[nH]c2C2CCCN(c3nccc(OC)n3)C2)cc1. The summed E-state index contributed by atoms with van der Waals surface area (Å²) in [6, 6.07) is 8.72. The van der Waals surface area contributed by atoms with E-state index in [1.54, 1.807) is 56.9 Å². The first-order valence-electron chi connectivity index (χ1n) is 9.78. The number of amides is 1. The van der Waals surface area contributed by atoms with Crippen LogP contribution in [0, 0.1) is 0 Å². The third kappa shape index (κ3) is 4.19. The second kappa shape index (κ2) is 8.81. The minimum Gasteiger partial charge on any atom is -0.497 e. The number of nitrogens with one attached hydrogen (secondary N) is 2. The molecule has 1 amide bonds. The molecule has 0 saturated carbocycles. The zero-order valence-corrected chi connectivity index (χ0v) is 17.0. The number of piperidine rings is 1. The highest BCUT2D eigenvalue weighted by Crippen LogP contribution is 2.32. The number of ether oxygens (including phenoxy) is 2. The lowest BCUT2D eigenvalue weighted by Gasteiger charge is -2.32. The molecule has 9 heteroatoms. The van der Waals surface area contributed by atoms with Crippen LogP contribution in [0.15, 0.2) is 42.7 Å². The van der Waals surface area contributed by atoms with E-state index in [1.807, 2.05) is 0 Å². The maximum Gasteiger partial charge on any atom is 0.255 e. The molecule has 0 bridgehead atoms. The molecule has 4 rings (SSSR count). The fraction of sp³-hybridized carbons (Fsp3) is 0.333. The van der Waals surface area contributed by atoms with Gasteiger partial charge in [0, 0.05) is 36.8 Å². The number of aromatic amines is 1. The Morgan fingerprint density at radius 2 is 2.03 bits per heavy atom. The molecule has 3 heterocycles. The fourth-order valence-corrected chi connectivity index (χ4v) is 3.64. The number of hydrogen-bond donors (Lipinski definition) is 2. The van der Waals surface area contributed by atoms with Crippen molar-refractivity contribution in [1.29, 1.82) is 0 Å². The van der Waals surface area contributed by atoms with Crippen molar-refractivity contribution >= 4 is 17.5 Å². The molecule has 0 spiro atoms. The standard InChI is InChI=1S/C21H24N6O3/c1-29-16-7-5-14(6-8-16)20(28)24-17-12-23-26-19(17)15-4-3-11-27(13-15)21-22-10-9-18(25-21)30-2/h5-10,12,15H,3-4,11,13H2,1-2H3,(H,23,26)(H,24,28). The third-order valence-corrected chi connectivity index (χ3v) is 5.21. The van der Waals surface area contributed by atoms with Gasteiger partial charge < -0.3 is 19.7 Å². The van der Waals surface area contributed by atoms with Gasteiger partial charge >= 0.3 is 0 Å². The van der Waals surface area contributed by atoms with Gasteiger partial charge in [-0.15, -0.1) is 0 Å². The Balaban J connectivity index is 1.48. The van der Waals surface area contributed by atoms with E-state index < -0.39 is 0 Å². The summed E-state index contributed by atoms with van der Waals surface area (Å²) in [7, 11) is 3.18. The van der Waals surface area contributed by atoms with Crippen molar-refractivity contribution < 1.29 is 14.3 Å². The van der Waals surface area contributed by atoms with Gasteiger partial charge in [0.05, 0.1) is 31.8 Å². The number of hydrogen-bond acceptors (Lipinski definition) is 7. The van der Waals surface area contributed by atoms with Gasteiger partial charge in [0.15, 0.2) is 0 Å². The monoisotopic (exact) mass is 408 g/mol. The summed E-state index contributed by atoms with van der Waals surface area (Å²) in [6.45, 7) is 1.59. The van der Waals surface area contributed by atoms with Gasteiger partial charge in [0.1, 0.15) is 5.75 Å². The lowest BCUT2D eigenvalue weighted by atomic mass is 9.94. The maximum absolute atomic E-state index is 12.7. The van der Waals surface area contributed by atoms with Crippen molar-refractivity contribution in [2.24, 2.45) is 0 Å². The molecule has 156 valence electrons. The van der Waals surface area contributed by atoms with E-state index in [0.717, 1.165) is 31.6 Å². The molecular weight excluding hydrogens is 384 g/mol. The Hall–Kier alpha value is -3.62. The van der Waals surface area contributed by atoms with E-state index >= 15 is 0 Å². The first kappa shape index (κ1) is 19.7. The fourth-order valence-electron chi connectivity index (χ4n) is 3.64. The smallest absolute Gasteiger partial charge is 0.255 e. The van der Waals surface area contributed by atoms with E-state index in [4.69, 9.17) is 9.47 Å². The molecule has 1 aliphatic rings. The topological polar surface area (TPSA) is 105 Å². The van der Waals surface area contributed by atoms with Crippen LogP contribution in [-0.4, -0.2) is 53.4 Å². The van der Waals surface area contributed by atoms with Crippen molar-refractivity contribution in [3.63, 3.8) is 0 Å². The molecule has 1 fully saturated rings. The molecule has 1 aliphatic heterocycles. The molecule has 0 aliphatic carbocycles. The summed E-state index contributed by atoms with van der Waals surface area (Å²) < 4.78 is 10.4. The van der Waals surface area contributed by atoms with Gasteiger partial charge in [-0.1, -0.05) is 0 Å². The Kier molecular flexibility index (Phi) is 5.78. The van der Waals surface area contributed by atoms with E-state index in [1.165, 1.54) is 0 Å². The Morgan fingerprint density at radius 3 is 2.80 bits per heavy atom. The van der Waals surface area contributed by atoms with Crippen LogP contribution < -0.4 is 19.7 Å². The van der Waals surface area contributed by atoms with E-state index in [0.29, 0.717) is 28.8 Å². The largest absolute Gasteiger partial charge is 0.497 e. The van der Waals surface area contributed by atoms with Gasteiger partial charge in [0.2, 0.25) is 11.8 Å². The zero-order valence-electron chi connectivity index (χ0n) is 17.0. The first-order chi connectivity index (χ1) is 14.7. The Bertz CT molecular complexity index is 1000. The lowest BCUT2D eigenvalue weighted by molar-refractivity contribution is 0.102. The average molecular weight is 408 g/mol. The van der Waals surface area contributed by atoms with E-state index in [-0.39, 0.29) is 11.8 Å². The van der Waals surface area contributed by atoms with Crippen molar-refractivity contribution in [2.75, 3.05) is 37.5 Å². The molecule has 9 nitrogen and oxygen atoms in total. The van der Waals surface area contributed by atoms with E-state index in [9.17, 15) is 4.79 Å². The number of aromatic nitrogens is 4. The highest BCUT2D eigenvalue weighted by Gasteiger charge is 2.27. The van der Waals surface area contributed by atoms with E-state index in [2.05, 4.69) is 30.4 Å². The van der Waals surface area contributed by atoms with Gasteiger partial charge in [-0.25, -0.2) is 4.98 Å². The van der Waals surface area contributed by atoms with Crippen LogP contribution in [-0.2, 0) is 0 Å². The molecule has 1 unspecified atom stereocenters. The van der Waals surface area contributed by atoms with Gasteiger partial charge in [-0.2, -0.15) is 10.1 Å². The van der Waals surface area contributed by atoms with Gasteiger partial charge in [0.25, 0.3) is 5.91 Å². The van der Waals surface area contributed by atoms with Gasteiger partial charge in [-0.05, 0) is 37.1 Å². The molecule has 1 atom stereocenters. The second-order valence-electron chi connectivity index (χ2n) is 7.06. The quantitative estimate of drug-likeness (QED) is 0.646. The summed E-state index contributed by atoms with van der Waals surface area (Å²) in [5, 5.41) is 10.2. The number of rotatable bonds is 6. The van der Waals surface area contributed by atoms with Crippen LogP contribution in [0.25, 0.3) is 0 Å². The third-order valence-electron chi connectivity index (χ3n) is 5.21. The molecule has 1 aromatic carbocycles. The van der Waals surface area contributed by atoms with Crippen molar-refractivity contribution in [3.8, 4) is 11.6 Å². The molecule has 2 aromatic heterocycles. The summed E-state index contributed by atoms with van der Waals surface area (Å²) in [4.78, 5) is 23.6. The van der Waals surface area contributed by atoms with Crippen LogP contribution in [0.2, 0.25) is 0 Å². The van der Waals surface area contributed by atoms with Crippen molar-refractivity contribution in [3.05, 3.63) is 54.0 Å². The normalized spacial score (nSPS) is 16.2. The molecule has 30 heavy (non-hydrogen) atoms. The second-order valence-corrected chi connectivity index (χ2v) is 7.06. The average Bonchev–Trinajstić information content (AvgIpc) is 3.27. The van der Waals surface area contributed by atoms with Crippen LogP contribution in [0.4, 0.5) is 11.6 Å². The lowest BCUT2D eigenvalue weighted by Crippen LogP contribution is -2.36. The summed E-state index contributed by atoms with van der Waals surface area (Å²) in [5.74, 6) is 1.86. The molecule has 3 aromatic rings. The number of anilines is 2. The minimum absolute atomic E-state index is 0.169. The number of carbonyl (C=O) groups excluding carboxylic acids is 1. The molecule has 0 radical (unpaired) electrons. The van der Waals surface area contributed by atoms with Crippen LogP contribution >= 0.6 is 0 Å². The number of methoxy groups -OCH3 is 2. The zero-order chi connectivity index (χ0) is 20.9. The highest BCUT2D eigenvalue weighted by atomic mass is 16.5. The molecule has 2 N–H and O–H groups in total. The molecule has 1 saturated heterocycles. The summed E-state index contributed by atoms with van der Waals surface area (Å²) >= 11 is 0. The van der Waals surface area contributed by atoms with Crippen LogP contribution in [0.3, 0.4) is 0 Å². The minimum atomic E-state index is -0.191. The van der Waals surface area contributed by atoms with Crippen molar-refractivity contribution in [2.45, 2.75) is 18.8 Å². The Labute approximate surface area is 174 Å². The number of benzene rings is 1. The number of nitrogens with zero attached hydrogens (tertiary/aromatic N) is 4. The van der Waals surface area contributed by atoms with Crippen molar-refractivity contribution in [1.82, 2.24) is 20.2 Å². The van der Waals surface area contributed by atoms with Crippen LogP contribution in [0.5, 0.6) is 11.6 Å². The number of carbonyl (C=O) groups is 1. The number of H-pyrrole nitrogens is 1. The first-order valence-corrected chi connectivity index (χ1v) is 9.78. The summed E-state index contributed by atoms with van der Waals surface area (Å²) in [6.07, 6.45) is 5.31. The Morgan fingerprint density at radius 1 is 1.20 bits per heavy atom. The highest BCUT2D eigenvalue weighted by molar-refractivity contribution is 6.04. The maximum atomic E-state index is 12.7. The van der Waals surface area contributed by atoms with Crippen LogP contribution in [0.1, 0.15) is 34.8 Å². The van der Waals surface area contributed by atoms with Gasteiger partial charge in [-0.3, -0.25) is 9.89 Å². The predicted molar refractivity (Wildman–Crippen MR) is 112 cm³/mol.